The second kappa shape index (κ2) is 15.8. The third-order valence-electron chi connectivity index (χ3n) is 16.2. The molecular weight excluding hydrogens is 728 g/mol. The maximum Gasteiger partial charge on any atom is 2.00 e. The third kappa shape index (κ3) is 10.4. The van der Waals surface area contributed by atoms with Gasteiger partial charge in [-0.2, -0.15) is 8.42 Å². The summed E-state index contributed by atoms with van der Waals surface area (Å²) in [7, 11) is -4.67. The van der Waals surface area contributed by atoms with Crippen LogP contribution in [0.1, 0.15) is 154 Å². The number of rotatable bonds is 0. The average molecular weight is 799 g/mol. The molecule has 16 saturated carbocycles. The largest absolute Gasteiger partial charge is 2.00 e. The van der Waals surface area contributed by atoms with E-state index in [9.17, 15) is 0 Å². The van der Waals surface area contributed by atoms with Crippen molar-refractivity contribution in [3.63, 3.8) is 0 Å². The SMILES string of the molecule is O.O.O=S(=O)(O)O.[Cu+2].[NH-]C12CC3CC(CC(C3)C1)C2.[NH-]C12CC3CC(CC(C3)C1)C2.[NH-]C12CC3CC(CC(C3)C1)C2.[NH-]C12CC3CC(CC(C3)C1)C2. The van der Waals surface area contributed by atoms with Crippen LogP contribution >= 0.6 is 0 Å². The van der Waals surface area contributed by atoms with Crippen LogP contribution in [-0.4, -0.2) is 50.6 Å². The molecule has 305 valence electrons. The quantitative estimate of drug-likeness (QED) is 0.180. The maximum atomic E-state index is 8.74. The molecule has 10 N–H and O–H groups in total. The van der Waals surface area contributed by atoms with Crippen LogP contribution in [0.5, 0.6) is 0 Å². The van der Waals surface area contributed by atoms with Crippen LogP contribution in [-0.2, 0) is 27.5 Å². The van der Waals surface area contributed by atoms with Gasteiger partial charge in [0.05, 0.1) is 0 Å². The van der Waals surface area contributed by atoms with E-state index in [1.165, 1.54) is 154 Å². The summed E-state index contributed by atoms with van der Waals surface area (Å²) >= 11 is 0. The van der Waals surface area contributed by atoms with Crippen LogP contribution in [0.3, 0.4) is 0 Å². The van der Waals surface area contributed by atoms with Crippen LogP contribution in [0, 0.1) is 71.0 Å². The second-order valence-corrected chi connectivity index (χ2v) is 22.1. The van der Waals surface area contributed by atoms with Gasteiger partial charge in [-0.3, -0.25) is 9.11 Å². The van der Waals surface area contributed by atoms with Crippen molar-refractivity contribution in [1.29, 1.82) is 0 Å². The van der Waals surface area contributed by atoms with E-state index in [0.29, 0.717) is 0 Å². The van der Waals surface area contributed by atoms with Gasteiger partial charge in [-0.15, -0.1) is 22.2 Å². The summed E-state index contributed by atoms with van der Waals surface area (Å²) in [5.74, 6) is 11.5. The van der Waals surface area contributed by atoms with Crippen molar-refractivity contribution in [2.24, 2.45) is 71.0 Å². The fourth-order valence-electron chi connectivity index (χ4n) is 16.4. The monoisotopic (exact) mass is 797 g/mol. The molecule has 16 aliphatic rings. The van der Waals surface area contributed by atoms with E-state index in [2.05, 4.69) is 0 Å². The zero-order chi connectivity index (χ0) is 34.4. The van der Waals surface area contributed by atoms with E-state index in [-0.39, 0.29) is 50.2 Å². The van der Waals surface area contributed by atoms with Crippen molar-refractivity contribution in [2.45, 2.75) is 176 Å². The van der Waals surface area contributed by atoms with Gasteiger partial charge in [-0.05, 0) is 148 Å². The minimum Gasteiger partial charge on any atom is -0.672 e. The Kier molecular flexibility index (Phi) is 13.2. The maximum absolute atomic E-state index is 8.74. The minimum absolute atomic E-state index is 0. The fourth-order valence-corrected chi connectivity index (χ4v) is 16.4. The van der Waals surface area contributed by atoms with E-state index >= 15 is 0 Å². The molecule has 10 nitrogen and oxygen atoms in total. The first kappa shape index (κ1) is 43.3. The van der Waals surface area contributed by atoms with Crippen LogP contribution < -0.4 is 0 Å². The van der Waals surface area contributed by atoms with Gasteiger partial charge in [-0.25, -0.2) is 0 Å². The predicted molar refractivity (Wildman–Crippen MR) is 202 cm³/mol. The molecule has 0 amide bonds. The average Bonchev–Trinajstić information content (AvgIpc) is 2.88. The second-order valence-electron chi connectivity index (χ2n) is 21.2. The Balaban J connectivity index is 0.000000126. The summed E-state index contributed by atoms with van der Waals surface area (Å²) < 4.78 is 31.6. The summed E-state index contributed by atoms with van der Waals surface area (Å²) in [6.45, 7) is 0. The third-order valence-corrected chi connectivity index (χ3v) is 16.2. The van der Waals surface area contributed by atoms with Crippen molar-refractivity contribution in [3.05, 3.63) is 22.9 Å². The Bertz CT molecular complexity index is 1010. The van der Waals surface area contributed by atoms with Crippen molar-refractivity contribution >= 4 is 10.4 Å². The Morgan fingerprint density at radius 1 is 0.327 bits per heavy atom. The van der Waals surface area contributed by atoms with Crippen molar-refractivity contribution in [2.75, 3.05) is 0 Å². The Labute approximate surface area is 324 Å². The zero-order valence-corrected chi connectivity index (χ0v) is 33.1. The van der Waals surface area contributed by atoms with Crippen LogP contribution in [0.2, 0.25) is 0 Å². The summed E-state index contributed by atoms with van der Waals surface area (Å²) in [5, 5.41) is 0. The van der Waals surface area contributed by atoms with E-state index in [1.54, 1.807) is 0 Å². The van der Waals surface area contributed by atoms with Crippen molar-refractivity contribution < 1.29 is 45.5 Å². The zero-order valence-electron chi connectivity index (χ0n) is 31.3. The molecule has 0 aromatic carbocycles. The molecule has 0 aromatic rings. The number of hydrogen-bond acceptors (Lipinski definition) is 2. The van der Waals surface area contributed by atoms with Gasteiger partial charge in [0.2, 0.25) is 0 Å². The summed E-state index contributed by atoms with van der Waals surface area (Å²) in [6, 6.07) is 0. The summed E-state index contributed by atoms with van der Waals surface area (Å²) in [5.41, 5.74) is 33.0. The Morgan fingerprint density at radius 3 is 0.462 bits per heavy atom. The molecule has 16 bridgehead atoms. The first-order chi connectivity index (χ1) is 22.9. The molecule has 0 heterocycles. The molecule has 1 radical (unpaired) electrons. The van der Waals surface area contributed by atoms with Gasteiger partial charge >= 0.3 is 27.5 Å². The molecule has 0 atom stereocenters. The van der Waals surface area contributed by atoms with Gasteiger partial charge in [0.1, 0.15) is 0 Å². The molecule has 0 aliphatic heterocycles. The van der Waals surface area contributed by atoms with E-state index in [4.69, 9.17) is 40.5 Å². The molecule has 0 spiro atoms. The topological polar surface area (TPSA) is 233 Å². The normalized spacial score (nSPS) is 52.1. The fraction of sp³-hybridized carbons (Fsp3) is 1.00. The summed E-state index contributed by atoms with van der Waals surface area (Å²) in [4.78, 5) is 0. The predicted octanol–water partition coefficient (Wildman–Crippen LogP) is 9.72. The van der Waals surface area contributed by atoms with Crippen LogP contribution in [0.15, 0.2) is 0 Å². The van der Waals surface area contributed by atoms with Crippen molar-refractivity contribution in [1.82, 2.24) is 0 Å². The first-order valence-corrected chi connectivity index (χ1v) is 22.0. The molecule has 16 aliphatic carbocycles. The van der Waals surface area contributed by atoms with Gasteiger partial charge in [-0.1, -0.05) is 77.0 Å². The first-order valence-electron chi connectivity index (χ1n) is 20.6. The molecule has 16 fully saturated rings. The molecule has 0 unspecified atom stereocenters. The van der Waals surface area contributed by atoms with E-state index in [1.807, 2.05) is 0 Å². The molecule has 16 rings (SSSR count). The molecule has 0 saturated heterocycles. The number of hydrogen-bond donors (Lipinski definition) is 2. The molecule has 0 aromatic heterocycles. The number of nitrogens with one attached hydrogen (secondary N) is 4. The molecule has 52 heavy (non-hydrogen) atoms. The van der Waals surface area contributed by atoms with Gasteiger partial charge in [0, 0.05) is 0 Å². The Morgan fingerprint density at radius 2 is 0.404 bits per heavy atom. The van der Waals surface area contributed by atoms with Crippen molar-refractivity contribution in [3.8, 4) is 0 Å². The van der Waals surface area contributed by atoms with Gasteiger partial charge in [0.15, 0.2) is 0 Å². The Hall–Kier alpha value is 0.149. The molecular formula is C40H70CuN4O6S-2. The van der Waals surface area contributed by atoms with Crippen LogP contribution in [0.4, 0.5) is 0 Å². The van der Waals surface area contributed by atoms with Gasteiger partial charge in [0.25, 0.3) is 0 Å². The van der Waals surface area contributed by atoms with Gasteiger partial charge < -0.3 is 33.9 Å². The summed E-state index contributed by atoms with van der Waals surface area (Å²) in [6.07, 6.45) is 32.5. The van der Waals surface area contributed by atoms with E-state index < -0.39 is 10.4 Å². The smallest absolute Gasteiger partial charge is 0.672 e. The minimum atomic E-state index is -4.67. The van der Waals surface area contributed by atoms with E-state index in [0.717, 1.165) is 71.0 Å². The standard InChI is InChI=1S/4C10H16N.Cu.H2O4S.2H2O/c4*11-10-4-7-1-8(5-10)3-9(2-7)6-10;;1-5(2,3)4;;/h4*7-9,11H,1-6H2;;(H2,1,2,3,4);2*1H2/q4*-1;+2;;;. The van der Waals surface area contributed by atoms with Crippen LogP contribution in [0.25, 0.3) is 22.9 Å². The molecule has 12 heteroatoms.